The third-order valence-corrected chi connectivity index (χ3v) is 5.99. The third kappa shape index (κ3) is 3.70. The third-order valence-electron chi connectivity index (χ3n) is 5.55. The van der Waals surface area contributed by atoms with Crippen molar-refractivity contribution in [1.29, 1.82) is 0 Å². The summed E-state index contributed by atoms with van der Waals surface area (Å²) in [5, 5.41) is 1.22. The van der Waals surface area contributed by atoms with E-state index in [-0.39, 0.29) is 0 Å². The van der Waals surface area contributed by atoms with Gasteiger partial charge in [0.2, 0.25) is 0 Å². The van der Waals surface area contributed by atoms with E-state index in [1.807, 2.05) is 24.3 Å². The Morgan fingerprint density at radius 1 is 1.04 bits per heavy atom. The van der Waals surface area contributed by atoms with Crippen LogP contribution < -0.4 is 4.74 Å². The van der Waals surface area contributed by atoms with E-state index in [1.165, 1.54) is 16.6 Å². The molecule has 1 fully saturated rings. The molecule has 0 bridgehead atoms. The summed E-state index contributed by atoms with van der Waals surface area (Å²) in [6, 6.07) is 16.6. The second kappa shape index (κ2) is 8.43. The van der Waals surface area contributed by atoms with Crippen LogP contribution in [0.1, 0.15) is 16.8 Å². The molecular formula is C23H26N2O2S. The normalized spacial score (nSPS) is 15.1. The zero-order valence-electron chi connectivity index (χ0n) is 16.5. The fourth-order valence-corrected chi connectivity index (χ4v) is 4.35. The highest BCUT2D eigenvalue weighted by Gasteiger charge is 2.19. The molecule has 4 rings (SSSR count). The molecule has 0 radical (unpaired) electrons. The van der Waals surface area contributed by atoms with Crippen molar-refractivity contribution >= 4 is 28.0 Å². The lowest BCUT2D eigenvalue weighted by Gasteiger charge is -2.27. The number of fused-ring (bicyclic) bond motifs is 1. The Bertz CT molecular complexity index is 972. The van der Waals surface area contributed by atoms with Crippen LogP contribution in [-0.4, -0.2) is 54.3 Å². The molecule has 0 saturated carbocycles. The van der Waals surface area contributed by atoms with E-state index in [2.05, 4.69) is 40.7 Å². The van der Waals surface area contributed by atoms with Crippen LogP contribution in [-0.2, 0) is 11.3 Å². The van der Waals surface area contributed by atoms with E-state index in [1.54, 1.807) is 7.11 Å². The topological polar surface area (TPSA) is 26.6 Å². The molecule has 0 spiro atoms. The molecular weight excluding hydrogens is 368 g/mol. The Balaban J connectivity index is 1.67. The number of benzene rings is 2. The van der Waals surface area contributed by atoms with Crippen molar-refractivity contribution in [3.8, 4) is 5.75 Å². The number of methoxy groups -OCH3 is 1. The van der Waals surface area contributed by atoms with E-state index in [4.69, 9.17) is 21.7 Å². The lowest BCUT2D eigenvalue weighted by Crippen LogP contribution is -2.38. The number of nitrogens with zero attached hydrogens (tertiary/aromatic N) is 2. The van der Waals surface area contributed by atoms with Gasteiger partial charge in [-0.05, 0) is 42.8 Å². The highest BCUT2D eigenvalue weighted by Crippen LogP contribution is 2.29. The zero-order chi connectivity index (χ0) is 19.5. The van der Waals surface area contributed by atoms with Crippen LogP contribution in [0.4, 0.5) is 0 Å². The molecule has 4 nitrogen and oxygen atoms in total. The van der Waals surface area contributed by atoms with Crippen LogP contribution in [0.25, 0.3) is 10.9 Å². The first-order valence-electron chi connectivity index (χ1n) is 9.75. The van der Waals surface area contributed by atoms with Crippen LogP contribution in [0, 0.1) is 6.92 Å². The Hall–Kier alpha value is -2.21. The number of para-hydroxylation sites is 1. The molecule has 2 heterocycles. The van der Waals surface area contributed by atoms with Crippen molar-refractivity contribution in [1.82, 2.24) is 9.47 Å². The SMILES string of the molecule is COc1ccc(C(=S)c2c(C)n(CCN3CCOCC3)c3ccccc23)cc1. The summed E-state index contributed by atoms with van der Waals surface area (Å²) in [5.41, 5.74) is 4.70. The Labute approximate surface area is 171 Å². The largest absolute Gasteiger partial charge is 0.497 e. The Morgan fingerprint density at radius 3 is 2.46 bits per heavy atom. The number of thiocarbonyl (C=S) groups is 1. The van der Waals surface area contributed by atoms with E-state index >= 15 is 0 Å². The molecule has 3 aromatic rings. The molecule has 1 aromatic heterocycles. The lowest BCUT2D eigenvalue weighted by molar-refractivity contribution is 0.0365. The van der Waals surface area contributed by atoms with E-state index in [0.717, 1.165) is 61.1 Å². The first-order chi connectivity index (χ1) is 13.7. The fraction of sp³-hybridized carbons (Fsp3) is 0.348. The van der Waals surface area contributed by atoms with Crippen LogP contribution >= 0.6 is 12.2 Å². The molecule has 0 N–H and O–H groups in total. The summed E-state index contributed by atoms with van der Waals surface area (Å²) in [6.45, 7) is 7.85. The number of aromatic nitrogens is 1. The van der Waals surface area contributed by atoms with Gasteiger partial charge in [-0.2, -0.15) is 0 Å². The molecule has 0 unspecified atom stereocenters. The van der Waals surface area contributed by atoms with Crippen molar-refractivity contribution in [3.05, 3.63) is 65.4 Å². The molecule has 1 saturated heterocycles. The highest BCUT2D eigenvalue weighted by molar-refractivity contribution is 7.81. The number of hydrogen-bond acceptors (Lipinski definition) is 4. The predicted octanol–water partition coefficient (Wildman–Crippen LogP) is 4.06. The van der Waals surface area contributed by atoms with E-state index < -0.39 is 0 Å². The second-order valence-electron chi connectivity index (χ2n) is 7.14. The number of hydrogen-bond donors (Lipinski definition) is 0. The highest BCUT2D eigenvalue weighted by atomic mass is 32.1. The quantitative estimate of drug-likeness (QED) is 0.465. The maximum absolute atomic E-state index is 5.92. The predicted molar refractivity (Wildman–Crippen MR) is 118 cm³/mol. The van der Waals surface area contributed by atoms with Gasteiger partial charge >= 0.3 is 0 Å². The molecule has 1 aliphatic rings. The summed E-state index contributed by atoms with van der Waals surface area (Å²) in [4.78, 5) is 3.36. The summed E-state index contributed by atoms with van der Waals surface area (Å²) in [6.07, 6.45) is 0. The van der Waals surface area contributed by atoms with Gasteiger partial charge in [-0.25, -0.2) is 0 Å². The van der Waals surface area contributed by atoms with Crippen LogP contribution in [0.5, 0.6) is 5.75 Å². The molecule has 2 aromatic carbocycles. The maximum Gasteiger partial charge on any atom is 0.118 e. The zero-order valence-corrected chi connectivity index (χ0v) is 17.3. The summed E-state index contributed by atoms with van der Waals surface area (Å²) < 4.78 is 13.2. The Kier molecular flexibility index (Phi) is 5.76. The molecule has 0 atom stereocenters. The average Bonchev–Trinajstić information content (AvgIpc) is 3.03. The molecule has 0 aliphatic carbocycles. The molecule has 1 aliphatic heterocycles. The average molecular weight is 395 g/mol. The fourth-order valence-electron chi connectivity index (χ4n) is 3.96. The molecule has 5 heteroatoms. The second-order valence-corrected chi connectivity index (χ2v) is 7.55. The van der Waals surface area contributed by atoms with Crippen molar-refractivity contribution in [2.24, 2.45) is 0 Å². The van der Waals surface area contributed by atoms with Crippen LogP contribution in [0.15, 0.2) is 48.5 Å². The summed E-state index contributed by atoms with van der Waals surface area (Å²) in [5.74, 6) is 0.844. The summed E-state index contributed by atoms with van der Waals surface area (Å²) >= 11 is 5.92. The first kappa shape index (κ1) is 19.1. The number of morpholine rings is 1. The number of rotatable bonds is 6. The summed E-state index contributed by atoms with van der Waals surface area (Å²) in [7, 11) is 1.68. The molecule has 0 amide bonds. The van der Waals surface area contributed by atoms with Crippen molar-refractivity contribution in [2.45, 2.75) is 13.5 Å². The first-order valence-corrected chi connectivity index (χ1v) is 10.2. The van der Waals surface area contributed by atoms with Gasteiger partial charge in [0.1, 0.15) is 5.75 Å². The van der Waals surface area contributed by atoms with Crippen molar-refractivity contribution in [3.63, 3.8) is 0 Å². The minimum atomic E-state index is 0.832. The van der Waals surface area contributed by atoms with E-state index in [9.17, 15) is 0 Å². The van der Waals surface area contributed by atoms with Gasteiger partial charge in [0, 0.05) is 48.3 Å². The minimum absolute atomic E-state index is 0.832. The molecule has 28 heavy (non-hydrogen) atoms. The van der Waals surface area contributed by atoms with Gasteiger partial charge < -0.3 is 14.0 Å². The maximum atomic E-state index is 5.92. The van der Waals surface area contributed by atoms with Crippen molar-refractivity contribution in [2.75, 3.05) is 40.0 Å². The number of ether oxygens (including phenoxy) is 2. The van der Waals surface area contributed by atoms with Gasteiger partial charge in [-0.15, -0.1) is 0 Å². The Morgan fingerprint density at radius 2 is 1.75 bits per heavy atom. The van der Waals surface area contributed by atoms with Crippen LogP contribution in [0.2, 0.25) is 0 Å². The monoisotopic (exact) mass is 394 g/mol. The smallest absolute Gasteiger partial charge is 0.118 e. The van der Waals surface area contributed by atoms with Gasteiger partial charge in [0.25, 0.3) is 0 Å². The van der Waals surface area contributed by atoms with Crippen LogP contribution in [0.3, 0.4) is 0 Å². The van der Waals surface area contributed by atoms with Gasteiger partial charge in [0.15, 0.2) is 0 Å². The van der Waals surface area contributed by atoms with Gasteiger partial charge in [-0.3, -0.25) is 4.90 Å². The minimum Gasteiger partial charge on any atom is -0.497 e. The lowest BCUT2D eigenvalue weighted by atomic mass is 10.0. The standard InChI is InChI=1S/C23H26N2O2S/c1-17-22(23(28)18-7-9-19(26-2)10-8-18)20-5-3-4-6-21(20)25(17)12-11-24-13-15-27-16-14-24/h3-10H,11-16H2,1-2H3. The van der Waals surface area contributed by atoms with E-state index in [0.29, 0.717) is 0 Å². The van der Waals surface area contributed by atoms with Gasteiger partial charge in [-0.1, -0.05) is 30.4 Å². The van der Waals surface area contributed by atoms with Gasteiger partial charge in [0.05, 0.1) is 25.2 Å². The molecule has 146 valence electrons. The van der Waals surface area contributed by atoms with Crippen molar-refractivity contribution < 1.29 is 9.47 Å².